The summed E-state index contributed by atoms with van der Waals surface area (Å²) in [6, 6.07) is 88.3. The quantitative estimate of drug-likeness (QED) is 0.161. The van der Waals surface area contributed by atoms with E-state index in [1.807, 2.05) is 12.1 Å². The first kappa shape index (κ1) is 49.2. The van der Waals surface area contributed by atoms with Crippen molar-refractivity contribution < 1.29 is 0 Å². The minimum absolute atomic E-state index is 0.0246. The fraction of sp³-hybridized carbons (Fsp3) is 0.130. The maximum absolute atomic E-state index is 5.43. The molecule has 12 aromatic rings. The van der Waals surface area contributed by atoms with Gasteiger partial charge in [0.15, 0.2) is 17.5 Å². The van der Waals surface area contributed by atoms with Gasteiger partial charge in [0, 0.05) is 50.8 Å². The van der Waals surface area contributed by atoms with Crippen molar-refractivity contribution in [2.24, 2.45) is 0 Å². The normalized spacial score (nSPS) is 15.1. The Morgan fingerprint density at radius 2 is 0.867 bits per heavy atom. The Morgan fingerprint density at radius 3 is 1.51 bits per heavy atom. The van der Waals surface area contributed by atoms with Gasteiger partial charge in [-0.25, -0.2) is 15.0 Å². The number of nitrogens with zero attached hydrogens (tertiary/aromatic N) is 5. The van der Waals surface area contributed by atoms with Crippen molar-refractivity contribution in [1.29, 1.82) is 0 Å². The van der Waals surface area contributed by atoms with Crippen molar-refractivity contribution in [3.63, 3.8) is 0 Å². The van der Waals surface area contributed by atoms with Crippen LogP contribution in [0.2, 0.25) is 0 Å². The lowest BCUT2D eigenvalue weighted by atomic mass is 9.33. The summed E-state index contributed by atoms with van der Waals surface area (Å²) in [7, 11) is 0. The highest BCUT2D eigenvalue weighted by Gasteiger charge is 2.54. The molecule has 1 aromatic heterocycles. The van der Waals surface area contributed by atoms with Crippen LogP contribution in [0.1, 0.15) is 80.5 Å². The average molecular weight is 1070 g/mol. The molecule has 83 heavy (non-hydrogen) atoms. The first-order valence-corrected chi connectivity index (χ1v) is 29.2. The van der Waals surface area contributed by atoms with Gasteiger partial charge in [-0.1, -0.05) is 224 Å². The summed E-state index contributed by atoms with van der Waals surface area (Å²) in [5.74, 6) is 1.92. The molecule has 0 saturated carbocycles. The van der Waals surface area contributed by atoms with Crippen LogP contribution < -0.4 is 26.2 Å². The topological polar surface area (TPSA) is 45.2 Å². The number of hydrogen-bond acceptors (Lipinski definition) is 5. The Bertz CT molecular complexity index is 4600. The second-order valence-electron chi connectivity index (χ2n) is 25.2. The van der Waals surface area contributed by atoms with Crippen molar-refractivity contribution in [3.8, 4) is 56.4 Å². The molecule has 2 aliphatic carbocycles. The molecule has 16 rings (SSSR count). The van der Waals surface area contributed by atoms with Gasteiger partial charge < -0.3 is 9.80 Å². The minimum atomic E-state index is -0.719. The third kappa shape index (κ3) is 7.24. The Hall–Kier alpha value is -9.65. The van der Waals surface area contributed by atoms with Crippen molar-refractivity contribution in [3.05, 3.63) is 276 Å². The highest BCUT2D eigenvalue weighted by molar-refractivity contribution is 7.00. The molecule has 0 saturated heterocycles. The summed E-state index contributed by atoms with van der Waals surface area (Å²) < 4.78 is 0. The Morgan fingerprint density at radius 1 is 0.361 bits per heavy atom. The van der Waals surface area contributed by atoms with E-state index in [4.69, 9.17) is 15.0 Å². The maximum Gasteiger partial charge on any atom is 0.252 e. The molecule has 1 unspecified atom stereocenters. The van der Waals surface area contributed by atoms with Gasteiger partial charge in [0.05, 0.1) is 5.41 Å². The maximum atomic E-state index is 5.43. The van der Waals surface area contributed by atoms with Gasteiger partial charge in [-0.15, -0.1) is 0 Å². The zero-order valence-electron chi connectivity index (χ0n) is 47.8. The van der Waals surface area contributed by atoms with Gasteiger partial charge in [-0.05, 0) is 161 Å². The third-order valence-corrected chi connectivity index (χ3v) is 18.2. The van der Waals surface area contributed by atoms with Gasteiger partial charge >= 0.3 is 0 Å². The van der Waals surface area contributed by atoms with Crippen molar-refractivity contribution in [1.82, 2.24) is 15.0 Å². The number of hydrogen-bond donors (Lipinski definition) is 0. The van der Waals surface area contributed by atoms with Gasteiger partial charge in [0.2, 0.25) is 0 Å². The molecule has 0 amide bonds. The van der Waals surface area contributed by atoms with Crippen LogP contribution >= 0.6 is 0 Å². The molecule has 11 aromatic carbocycles. The molecule has 0 N–H and O–H groups in total. The van der Waals surface area contributed by atoms with Crippen LogP contribution in [0.25, 0.3) is 67.2 Å². The van der Waals surface area contributed by atoms with E-state index < -0.39 is 5.41 Å². The van der Waals surface area contributed by atoms with Crippen LogP contribution in [0.4, 0.5) is 34.1 Å². The number of aryl methyl sites for hydroxylation is 1. The second kappa shape index (κ2) is 17.9. The first-order chi connectivity index (χ1) is 40.3. The van der Waals surface area contributed by atoms with Crippen molar-refractivity contribution in [2.75, 3.05) is 9.80 Å². The van der Waals surface area contributed by atoms with E-state index in [1.165, 1.54) is 106 Å². The van der Waals surface area contributed by atoms with Crippen molar-refractivity contribution >= 4 is 68.0 Å². The van der Waals surface area contributed by atoms with E-state index >= 15 is 0 Å². The van der Waals surface area contributed by atoms with Crippen LogP contribution in [0.3, 0.4) is 0 Å². The summed E-state index contributed by atoms with van der Waals surface area (Å²) in [4.78, 5) is 21.2. The van der Waals surface area contributed by atoms with Crippen LogP contribution in [0, 0.1) is 6.92 Å². The molecular formula is C77H60BN5. The van der Waals surface area contributed by atoms with E-state index in [1.54, 1.807) is 0 Å². The summed E-state index contributed by atoms with van der Waals surface area (Å²) in [5.41, 5.74) is 27.0. The zero-order valence-corrected chi connectivity index (χ0v) is 47.8. The van der Waals surface area contributed by atoms with Crippen LogP contribution in [0.15, 0.2) is 237 Å². The number of para-hydroxylation sites is 1. The van der Waals surface area contributed by atoms with E-state index in [2.05, 4.69) is 283 Å². The molecular weight excluding hydrogens is 1010 g/mol. The molecule has 5 nitrogen and oxygen atoms in total. The lowest BCUT2D eigenvalue weighted by Gasteiger charge is -2.45. The number of anilines is 6. The number of fused-ring (bicyclic) bond motifs is 16. The highest BCUT2D eigenvalue weighted by atomic mass is 15.2. The number of rotatable bonds is 5. The van der Waals surface area contributed by atoms with E-state index in [0.717, 1.165) is 33.5 Å². The summed E-state index contributed by atoms with van der Waals surface area (Å²) in [6.45, 7) is 16.1. The molecule has 396 valence electrons. The monoisotopic (exact) mass is 1070 g/mol. The van der Waals surface area contributed by atoms with E-state index in [9.17, 15) is 0 Å². The standard InChI is InChI=1S/C77H60BN5/c1-47-41-68-71-69(42-47)83(52-27-15-10-16-28-52)67-46-62-58(45-65(67)78(71)64-43-51(76(5,6)7)37-40-66(64)82(68)53-38-35-50(36-39-53)75(2,3)4)55-30-19-21-33-60(55)77(62)61-34-22-20-32-57(61)70-56-31-18-17-29-54(56)59(44-63(70)77)74-80-72(48-23-11-8-12-24-48)79-73(81-74)49-25-13-9-14-26-49/h8-46H,1-7H3. The van der Waals surface area contributed by atoms with Crippen LogP contribution in [-0.2, 0) is 16.2 Å². The smallest absolute Gasteiger partial charge is 0.252 e. The predicted octanol–water partition coefficient (Wildman–Crippen LogP) is 17.4. The molecule has 1 spiro atoms. The summed E-state index contributed by atoms with van der Waals surface area (Å²) in [6.07, 6.45) is 0. The van der Waals surface area contributed by atoms with Gasteiger partial charge in [0.25, 0.3) is 6.71 Å². The number of benzene rings is 11. The molecule has 3 heterocycles. The Kier molecular flexibility index (Phi) is 10.6. The molecule has 4 aliphatic rings. The molecule has 0 radical (unpaired) electrons. The lowest BCUT2D eigenvalue weighted by Crippen LogP contribution is -2.61. The average Bonchev–Trinajstić information content (AvgIpc) is 1.83. The zero-order chi connectivity index (χ0) is 56.1. The first-order valence-electron chi connectivity index (χ1n) is 29.2. The van der Waals surface area contributed by atoms with Crippen LogP contribution in [0.5, 0.6) is 0 Å². The Balaban J connectivity index is 1.00. The molecule has 2 aliphatic heterocycles. The fourth-order valence-electron chi connectivity index (χ4n) is 14.4. The summed E-state index contributed by atoms with van der Waals surface area (Å²) in [5, 5.41) is 2.27. The van der Waals surface area contributed by atoms with E-state index in [0.29, 0.717) is 17.5 Å². The number of aromatic nitrogens is 3. The summed E-state index contributed by atoms with van der Waals surface area (Å²) >= 11 is 0. The van der Waals surface area contributed by atoms with Gasteiger partial charge in [-0.3, -0.25) is 0 Å². The third-order valence-electron chi connectivity index (χ3n) is 18.2. The van der Waals surface area contributed by atoms with E-state index in [-0.39, 0.29) is 17.5 Å². The largest absolute Gasteiger partial charge is 0.311 e. The van der Waals surface area contributed by atoms with Crippen molar-refractivity contribution in [2.45, 2.75) is 64.7 Å². The highest BCUT2D eigenvalue weighted by Crippen LogP contribution is 2.65. The Labute approximate surface area is 486 Å². The molecule has 6 heteroatoms. The van der Waals surface area contributed by atoms with Gasteiger partial charge in [0.1, 0.15) is 0 Å². The van der Waals surface area contributed by atoms with Crippen LogP contribution in [-0.4, -0.2) is 21.7 Å². The molecule has 0 fully saturated rings. The second-order valence-corrected chi connectivity index (χ2v) is 25.2. The van der Waals surface area contributed by atoms with Gasteiger partial charge in [-0.2, -0.15) is 0 Å². The SMILES string of the molecule is Cc1cc2c3c(c1)N(c1ccccc1)c1cc4c(cc1B3c1cc(C(C)(C)C)ccc1N2c1ccc(C(C)(C)C)cc1)-c1ccccc1C41c2ccccc2-c2c1cc(-c1nc(-c3ccccc3)nc(-c3ccccc3)n1)c1ccccc21. The predicted molar refractivity (Wildman–Crippen MR) is 346 cm³/mol. The molecule has 0 bridgehead atoms. The lowest BCUT2D eigenvalue weighted by molar-refractivity contribution is 0.590. The fourth-order valence-corrected chi connectivity index (χ4v) is 14.4. The molecule has 1 atom stereocenters. The minimum Gasteiger partial charge on any atom is -0.311 e.